The highest BCUT2D eigenvalue weighted by Crippen LogP contribution is 2.53. The predicted molar refractivity (Wildman–Crippen MR) is 284 cm³/mol. The molecule has 10 rings (SSSR count). The van der Waals surface area contributed by atoms with Crippen LogP contribution in [0.2, 0.25) is 0 Å². The molecule has 0 aliphatic carbocycles. The smallest absolute Gasteiger partial charge is 0.331 e. The fraction of sp³-hybridized carbons (Fsp3) is 0.464. The second kappa shape index (κ2) is 25.1. The van der Waals surface area contributed by atoms with Gasteiger partial charge >= 0.3 is 5.97 Å². The highest BCUT2D eigenvalue weighted by molar-refractivity contribution is 5.93. The summed E-state index contributed by atoms with van der Waals surface area (Å²) in [7, 11) is 0. The van der Waals surface area contributed by atoms with Gasteiger partial charge in [0.1, 0.15) is 108 Å². The molecule has 472 valence electrons. The van der Waals surface area contributed by atoms with Crippen molar-refractivity contribution in [2.24, 2.45) is 0 Å². The Kier molecular flexibility index (Phi) is 18.1. The number of fused-ring (bicyclic) bond motifs is 4. The van der Waals surface area contributed by atoms with E-state index in [4.69, 9.17) is 51.8 Å². The number of aliphatic hydroxyl groups excluding tert-OH is 11. The van der Waals surface area contributed by atoms with Crippen LogP contribution in [0.4, 0.5) is 0 Å². The number of phenolic OH excluding ortho intramolecular Hbond substituents is 7. The normalized spacial score (nSPS) is 34.2. The van der Waals surface area contributed by atoms with E-state index >= 15 is 4.79 Å². The molecule has 5 aliphatic rings. The lowest BCUT2D eigenvalue weighted by molar-refractivity contribution is -0.328. The minimum Gasteiger partial charge on any atom is -0.507 e. The fourth-order valence-corrected chi connectivity index (χ4v) is 10.5. The van der Waals surface area contributed by atoms with Crippen LogP contribution in [0.3, 0.4) is 0 Å². The molecule has 31 nitrogen and oxygen atoms in total. The first kappa shape index (κ1) is 62.8. The summed E-state index contributed by atoms with van der Waals surface area (Å²) in [6.07, 6.45) is -33.5. The van der Waals surface area contributed by atoms with Crippen molar-refractivity contribution in [3.05, 3.63) is 87.6 Å². The first-order chi connectivity index (χ1) is 41.2. The van der Waals surface area contributed by atoms with E-state index < -0.39 is 223 Å². The molecule has 18 N–H and O–H groups in total. The first-order valence-corrected chi connectivity index (χ1v) is 26.9. The van der Waals surface area contributed by atoms with Crippen molar-refractivity contribution >= 4 is 23.0 Å². The summed E-state index contributed by atoms with van der Waals surface area (Å²) in [5.41, 5.74) is -2.15. The monoisotopic (exact) mass is 1230 g/mol. The van der Waals surface area contributed by atoms with Crippen LogP contribution in [0.1, 0.15) is 36.5 Å². The van der Waals surface area contributed by atoms with Crippen LogP contribution in [0.25, 0.3) is 28.4 Å². The van der Waals surface area contributed by atoms with Gasteiger partial charge in [-0.1, -0.05) is 6.07 Å². The Bertz CT molecular complexity index is 3430. The molecule has 1 aromatic heterocycles. The molecule has 0 saturated carbocycles. The summed E-state index contributed by atoms with van der Waals surface area (Å²) in [4.78, 5) is 28.5. The van der Waals surface area contributed by atoms with Gasteiger partial charge in [-0.05, 0) is 61.9 Å². The van der Waals surface area contributed by atoms with E-state index in [2.05, 4.69) is 0 Å². The molecule has 4 aromatic carbocycles. The van der Waals surface area contributed by atoms with Gasteiger partial charge in [-0.3, -0.25) is 4.79 Å². The van der Waals surface area contributed by atoms with Gasteiger partial charge in [0.2, 0.25) is 17.5 Å². The predicted octanol–water partition coefficient (Wildman–Crippen LogP) is -2.40. The summed E-state index contributed by atoms with van der Waals surface area (Å²) in [6, 6.07) is 9.56. The summed E-state index contributed by atoms with van der Waals surface area (Å²) >= 11 is 0. The summed E-state index contributed by atoms with van der Waals surface area (Å²) < 4.78 is 64.6. The molecule has 0 spiro atoms. The van der Waals surface area contributed by atoms with Gasteiger partial charge in [0.25, 0.3) is 0 Å². The lowest BCUT2D eigenvalue weighted by Crippen LogP contribution is -2.62. The number of rotatable bonds is 15. The zero-order chi connectivity index (χ0) is 62.8. The summed E-state index contributed by atoms with van der Waals surface area (Å²) in [5.74, 6) is -9.40. The number of benzene rings is 4. The van der Waals surface area contributed by atoms with Crippen LogP contribution in [-0.4, -0.2) is 241 Å². The standard InChI is InChI=1S/C56H62O31/c1-17-37(65)41(69)45(73)53(80-17)78-15-32-39(67)43(71)47(75)56(83-32)87-52-40(68)36-29(63)13-31-35(51(36)86-49(52)20-5-7-24(58)26(60)10-20)22(21-11-27(61)28(62)12-30(21)82-31)14-77-55-48(76)44(72)50(85-34(64)8-4-19-3-6-23(57)25(59)9-19)33(84-55)16-79-54-46(74)42(70)38(66)18(2)81-54/h3-13,17-18,22,32-33,37-39,41-48,50,53-63,65-67,69-76H,14-16H2,1-2H3/b8-4-/t17-,18-,22-,32+,33+,37-,38-,39+,41+,42+,43-,44+,45+,46+,47+,48+,50+,53+,54+,55+,56-/m0/s1. The van der Waals surface area contributed by atoms with Crippen LogP contribution < -0.4 is 14.9 Å². The molecule has 0 radical (unpaired) electrons. The van der Waals surface area contributed by atoms with E-state index in [1.54, 1.807) is 0 Å². The van der Waals surface area contributed by atoms with Gasteiger partial charge in [0.05, 0.1) is 32.0 Å². The zero-order valence-corrected chi connectivity index (χ0v) is 45.5. The number of carbonyl (C=O) groups is 1. The Labute approximate surface area is 489 Å². The second-order valence-electron chi connectivity index (χ2n) is 21.3. The Hall–Kier alpha value is -7.22. The number of esters is 1. The summed E-state index contributed by atoms with van der Waals surface area (Å²) in [6.45, 7) is 0.443. The quantitative estimate of drug-likeness (QED) is 0.0295. The molecule has 0 bridgehead atoms. The molecular weight excluding hydrogens is 1170 g/mol. The lowest BCUT2D eigenvalue weighted by Gasteiger charge is -2.43. The third-order valence-electron chi connectivity index (χ3n) is 15.5. The van der Waals surface area contributed by atoms with E-state index in [9.17, 15) is 96.7 Å². The van der Waals surface area contributed by atoms with E-state index in [0.29, 0.717) is 0 Å². The lowest BCUT2D eigenvalue weighted by atomic mass is 9.86. The van der Waals surface area contributed by atoms with Gasteiger partial charge in [-0.15, -0.1) is 0 Å². The molecule has 31 heteroatoms. The van der Waals surface area contributed by atoms with Crippen LogP contribution in [-0.2, 0) is 42.7 Å². The zero-order valence-electron chi connectivity index (χ0n) is 45.5. The van der Waals surface area contributed by atoms with Crippen molar-refractivity contribution in [3.8, 4) is 68.8 Å². The van der Waals surface area contributed by atoms with Gasteiger partial charge in [-0.25, -0.2) is 4.79 Å². The van der Waals surface area contributed by atoms with Gasteiger partial charge in [0, 0.05) is 40.8 Å². The van der Waals surface area contributed by atoms with Gasteiger partial charge in [-0.2, -0.15) is 0 Å². The molecule has 0 amide bonds. The van der Waals surface area contributed by atoms with Crippen molar-refractivity contribution in [2.45, 2.75) is 143 Å². The number of hydrogen-bond acceptors (Lipinski definition) is 31. The van der Waals surface area contributed by atoms with E-state index in [-0.39, 0.29) is 33.8 Å². The number of phenols is 7. The third kappa shape index (κ3) is 12.2. The van der Waals surface area contributed by atoms with Crippen LogP contribution in [0, 0.1) is 0 Å². The molecule has 4 saturated heterocycles. The Morgan fingerprint density at radius 3 is 1.67 bits per heavy atom. The van der Waals surface area contributed by atoms with Crippen LogP contribution >= 0.6 is 0 Å². The first-order valence-electron chi connectivity index (χ1n) is 26.9. The van der Waals surface area contributed by atoms with Gasteiger partial charge < -0.3 is 144 Å². The molecule has 5 aromatic rings. The maximum atomic E-state index is 15.1. The van der Waals surface area contributed by atoms with Crippen molar-refractivity contribution in [2.75, 3.05) is 19.8 Å². The van der Waals surface area contributed by atoms with Crippen LogP contribution in [0.15, 0.2) is 69.9 Å². The van der Waals surface area contributed by atoms with Gasteiger partial charge in [0.15, 0.2) is 65.2 Å². The van der Waals surface area contributed by atoms with Crippen molar-refractivity contribution in [1.82, 2.24) is 0 Å². The SMILES string of the molecule is C[C@@H]1O[C@@H](OC[C@H]2O[C@@H](Oc3c(-c4ccc(O)c(O)c4)oc4c5c(cc(O)c4c3=O)Oc3cc(O)c(O)cc3[C@@H]5CO[C@@H]3O[C@H](CO[C@@H]4O[C@@H](C)[C@H](O)[C@@H](O)[C@H]4O)[C@@H](OC(=O)/C=C\c4ccc(O)c(O)c4)[C@H](O)[C@H]3O)[C@H](O)[C@@H](O)[C@@H]2O)[C@H](O)[C@H](O)[C@H]1O. The maximum Gasteiger partial charge on any atom is 0.331 e. The molecule has 0 unspecified atom stereocenters. The maximum absolute atomic E-state index is 15.1. The van der Waals surface area contributed by atoms with Crippen LogP contribution in [0.5, 0.6) is 57.5 Å². The Balaban J connectivity index is 1.00. The fourth-order valence-electron chi connectivity index (χ4n) is 10.5. The highest BCUT2D eigenvalue weighted by atomic mass is 16.7. The second-order valence-corrected chi connectivity index (χ2v) is 21.3. The molecule has 5 aliphatic heterocycles. The van der Waals surface area contributed by atoms with E-state index in [0.717, 1.165) is 54.6 Å². The molecule has 87 heavy (non-hydrogen) atoms. The highest BCUT2D eigenvalue weighted by Gasteiger charge is 2.51. The average molecular weight is 1230 g/mol. The largest absolute Gasteiger partial charge is 0.507 e. The topological polar surface area (TPSA) is 504 Å². The van der Waals surface area contributed by atoms with E-state index in [1.807, 2.05) is 0 Å². The molecule has 21 atom stereocenters. The Morgan fingerprint density at radius 2 is 1.03 bits per heavy atom. The average Bonchev–Trinajstić information content (AvgIpc) is 0.763. The number of aromatic hydroxyl groups is 7. The number of carbonyl (C=O) groups excluding carboxylic acids is 1. The van der Waals surface area contributed by atoms with E-state index in [1.165, 1.54) is 26.0 Å². The number of aliphatic hydroxyl groups is 11. The Morgan fingerprint density at radius 1 is 0.517 bits per heavy atom. The van der Waals surface area contributed by atoms with Crippen molar-refractivity contribution in [3.63, 3.8) is 0 Å². The molecule has 4 fully saturated rings. The number of ether oxygens (including phenoxy) is 10. The third-order valence-corrected chi connectivity index (χ3v) is 15.5. The molecule has 6 heterocycles. The summed E-state index contributed by atoms with van der Waals surface area (Å²) in [5, 5.41) is 193. The van der Waals surface area contributed by atoms with Crippen molar-refractivity contribution < 1.29 is 148 Å². The molecular formula is C56H62O31. The minimum absolute atomic E-state index is 0.0491. The minimum atomic E-state index is -2.19. The number of hydrogen-bond donors (Lipinski definition) is 18. The van der Waals surface area contributed by atoms with Crippen molar-refractivity contribution in [1.29, 1.82) is 0 Å².